The molecule has 3 nitrogen and oxygen atoms in total. The lowest BCUT2D eigenvalue weighted by Crippen LogP contribution is -2.06. The minimum atomic E-state index is 0.162. The topological polar surface area (TPSA) is 35.0 Å². The van der Waals surface area contributed by atoms with Crippen LogP contribution in [0.4, 0.5) is 0 Å². The Kier molecular flexibility index (Phi) is 8.03. The van der Waals surface area contributed by atoms with E-state index in [1.165, 1.54) is 19.3 Å². The van der Waals surface area contributed by atoms with Gasteiger partial charge in [-0.3, -0.25) is 0 Å². The molecule has 2 aromatic rings. The van der Waals surface area contributed by atoms with Crippen LogP contribution in [0.1, 0.15) is 51.6 Å². The van der Waals surface area contributed by atoms with E-state index in [9.17, 15) is 0 Å². The molecule has 0 saturated carbocycles. The number of halogens is 1. The molecule has 1 heterocycles. The van der Waals surface area contributed by atoms with E-state index in [1.54, 1.807) is 0 Å². The molecule has 0 N–H and O–H groups in total. The lowest BCUT2D eigenvalue weighted by molar-refractivity contribution is 0.308. The number of aromatic nitrogens is 2. The van der Waals surface area contributed by atoms with Crippen molar-refractivity contribution < 1.29 is 4.74 Å². The average molecular weight is 347 g/mol. The first-order chi connectivity index (χ1) is 11.7. The van der Waals surface area contributed by atoms with E-state index >= 15 is 0 Å². The second kappa shape index (κ2) is 10.3. The average Bonchev–Trinajstić information content (AvgIpc) is 2.62. The van der Waals surface area contributed by atoms with Gasteiger partial charge in [0, 0.05) is 17.3 Å². The Balaban J connectivity index is 2.09. The number of ether oxygens (including phenoxy) is 1. The van der Waals surface area contributed by atoms with Gasteiger partial charge in [-0.15, -0.1) is 11.6 Å². The van der Waals surface area contributed by atoms with Gasteiger partial charge in [-0.05, 0) is 43.9 Å². The number of rotatable bonds is 10. The first kappa shape index (κ1) is 18.7. The van der Waals surface area contributed by atoms with Gasteiger partial charge in [-0.25, -0.2) is 9.97 Å². The van der Waals surface area contributed by atoms with E-state index in [0.717, 1.165) is 42.1 Å². The Morgan fingerprint density at radius 2 is 1.96 bits per heavy atom. The Morgan fingerprint density at radius 3 is 2.75 bits per heavy atom. The second-order valence-electron chi connectivity index (χ2n) is 5.97. The number of hydrogen-bond acceptors (Lipinski definition) is 3. The number of nitrogens with zero attached hydrogens (tertiary/aromatic N) is 2. The number of hydrogen-bond donors (Lipinski definition) is 0. The van der Waals surface area contributed by atoms with Crippen LogP contribution in [0, 0.1) is 0 Å². The molecule has 0 aliphatic carbocycles. The lowest BCUT2D eigenvalue weighted by atomic mass is 10.1. The normalized spacial score (nSPS) is 12.1. The molecule has 0 bridgehead atoms. The van der Waals surface area contributed by atoms with Crippen molar-refractivity contribution >= 4 is 11.6 Å². The second-order valence-corrected chi connectivity index (χ2v) is 6.58. The van der Waals surface area contributed by atoms with Crippen molar-refractivity contribution in [2.75, 3.05) is 6.61 Å². The van der Waals surface area contributed by atoms with E-state index in [2.05, 4.69) is 18.8 Å². The highest BCUT2D eigenvalue weighted by Gasteiger charge is 2.10. The zero-order valence-electron chi connectivity index (χ0n) is 14.7. The molecular weight excluding hydrogens is 320 g/mol. The summed E-state index contributed by atoms with van der Waals surface area (Å²) in [4.78, 5) is 9.16. The van der Waals surface area contributed by atoms with Gasteiger partial charge in [0.05, 0.1) is 12.2 Å². The summed E-state index contributed by atoms with van der Waals surface area (Å²) < 4.78 is 5.94. The smallest absolute Gasteiger partial charge is 0.163 e. The minimum absolute atomic E-state index is 0.162. The quantitative estimate of drug-likeness (QED) is 0.411. The maximum atomic E-state index is 6.16. The fourth-order valence-corrected chi connectivity index (χ4v) is 2.59. The number of aryl methyl sites for hydroxylation is 1. The number of para-hydroxylation sites is 1. The zero-order chi connectivity index (χ0) is 17.2. The van der Waals surface area contributed by atoms with Gasteiger partial charge in [-0.2, -0.15) is 0 Å². The summed E-state index contributed by atoms with van der Waals surface area (Å²) in [7, 11) is 0. The summed E-state index contributed by atoms with van der Waals surface area (Å²) in [6, 6.07) is 9.95. The zero-order valence-corrected chi connectivity index (χ0v) is 15.4. The monoisotopic (exact) mass is 346 g/mol. The van der Waals surface area contributed by atoms with Gasteiger partial charge in [0.25, 0.3) is 0 Å². The van der Waals surface area contributed by atoms with Crippen molar-refractivity contribution in [2.24, 2.45) is 0 Å². The predicted molar refractivity (Wildman–Crippen MR) is 101 cm³/mol. The SMILES string of the molecule is CCCCCc1ccnc(-c2ccccc2OCCC(Cl)CC)n1. The molecule has 1 atom stereocenters. The van der Waals surface area contributed by atoms with E-state index in [1.807, 2.05) is 36.5 Å². The molecule has 0 fully saturated rings. The highest BCUT2D eigenvalue weighted by atomic mass is 35.5. The molecule has 0 amide bonds. The Bertz CT molecular complexity index is 618. The fourth-order valence-electron chi connectivity index (χ4n) is 2.50. The largest absolute Gasteiger partial charge is 0.493 e. The standard InChI is InChI=1S/C20H27ClN2O/c1-3-5-6-9-17-12-14-22-20(23-17)18-10-7-8-11-19(18)24-15-13-16(21)4-2/h7-8,10-12,14,16H,3-6,9,13,15H2,1-2H3. The van der Waals surface area contributed by atoms with Crippen molar-refractivity contribution in [3.63, 3.8) is 0 Å². The van der Waals surface area contributed by atoms with E-state index in [4.69, 9.17) is 21.3 Å². The molecule has 2 rings (SSSR count). The molecule has 24 heavy (non-hydrogen) atoms. The van der Waals surface area contributed by atoms with Crippen LogP contribution in [0.5, 0.6) is 5.75 Å². The number of alkyl halides is 1. The van der Waals surface area contributed by atoms with Crippen molar-refractivity contribution in [1.29, 1.82) is 0 Å². The molecule has 0 saturated heterocycles. The third-order valence-electron chi connectivity index (χ3n) is 4.01. The molecule has 1 unspecified atom stereocenters. The Morgan fingerprint density at radius 1 is 1.12 bits per heavy atom. The molecular formula is C20H27ClN2O. The van der Waals surface area contributed by atoms with Crippen LogP contribution >= 0.6 is 11.6 Å². The summed E-state index contributed by atoms with van der Waals surface area (Å²) in [5, 5.41) is 0.162. The summed E-state index contributed by atoms with van der Waals surface area (Å²) in [5.41, 5.74) is 2.03. The fraction of sp³-hybridized carbons (Fsp3) is 0.500. The van der Waals surface area contributed by atoms with Crippen LogP contribution in [0.2, 0.25) is 0 Å². The van der Waals surface area contributed by atoms with Crippen LogP contribution in [0.15, 0.2) is 36.5 Å². The first-order valence-corrected chi connectivity index (χ1v) is 9.36. The lowest BCUT2D eigenvalue weighted by Gasteiger charge is -2.12. The first-order valence-electron chi connectivity index (χ1n) is 8.92. The van der Waals surface area contributed by atoms with Crippen LogP contribution in [-0.2, 0) is 6.42 Å². The summed E-state index contributed by atoms with van der Waals surface area (Å²) in [5.74, 6) is 1.56. The van der Waals surface area contributed by atoms with Gasteiger partial charge < -0.3 is 4.74 Å². The van der Waals surface area contributed by atoms with Gasteiger partial charge >= 0.3 is 0 Å². The van der Waals surface area contributed by atoms with E-state index < -0.39 is 0 Å². The maximum Gasteiger partial charge on any atom is 0.163 e. The van der Waals surface area contributed by atoms with Crippen LogP contribution in [-0.4, -0.2) is 22.0 Å². The molecule has 0 radical (unpaired) electrons. The maximum absolute atomic E-state index is 6.16. The third kappa shape index (κ3) is 5.79. The van der Waals surface area contributed by atoms with Gasteiger partial charge in [0.1, 0.15) is 5.75 Å². The number of unbranched alkanes of at least 4 members (excludes halogenated alkanes) is 2. The van der Waals surface area contributed by atoms with Crippen molar-refractivity contribution in [3.8, 4) is 17.1 Å². The number of benzene rings is 1. The molecule has 0 aliphatic rings. The molecule has 1 aromatic heterocycles. The highest BCUT2D eigenvalue weighted by molar-refractivity contribution is 6.20. The third-order valence-corrected chi connectivity index (χ3v) is 4.54. The molecule has 0 spiro atoms. The van der Waals surface area contributed by atoms with Gasteiger partial charge in [-0.1, -0.05) is 38.8 Å². The van der Waals surface area contributed by atoms with Gasteiger partial charge in [0.2, 0.25) is 0 Å². The molecule has 130 valence electrons. The highest BCUT2D eigenvalue weighted by Crippen LogP contribution is 2.27. The molecule has 1 aromatic carbocycles. The van der Waals surface area contributed by atoms with Crippen LogP contribution in [0.25, 0.3) is 11.4 Å². The van der Waals surface area contributed by atoms with Crippen LogP contribution in [0.3, 0.4) is 0 Å². The Hall–Kier alpha value is -1.61. The van der Waals surface area contributed by atoms with Crippen LogP contribution < -0.4 is 4.74 Å². The molecule has 4 heteroatoms. The minimum Gasteiger partial charge on any atom is -0.493 e. The summed E-state index contributed by atoms with van der Waals surface area (Å²) >= 11 is 6.16. The predicted octanol–water partition coefficient (Wildman–Crippen LogP) is 5.66. The van der Waals surface area contributed by atoms with Crippen molar-refractivity contribution in [1.82, 2.24) is 9.97 Å². The Labute approximate surface area is 150 Å². The van der Waals surface area contributed by atoms with E-state index in [-0.39, 0.29) is 5.38 Å². The van der Waals surface area contributed by atoms with Crippen molar-refractivity contribution in [2.45, 2.75) is 57.7 Å². The van der Waals surface area contributed by atoms with Gasteiger partial charge in [0.15, 0.2) is 5.82 Å². The van der Waals surface area contributed by atoms with E-state index in [0.29, 0.717) is 6.61 Å². The summed E-state index contributed by atoms with van der Waals surface area (Å²) in [6.45, 7) is 4.90. The molecule has 0 aliphatic heterocycles. The summed E-state index contributed by atoms with van der Waals surface area (Å²) in [6.07, 6.45) is 8.24. The van der Waals surface area contributed by atoms with Crippen molar-refractivity contribution in [3.05, 3.63) is 42.2 Å².